The van der Waals surface area contributed by atoms with Crippen molar-refractivity contribution in [1.29, 1.82) is 0 Å². The fraction of sp³-hybridized carbons (Fsp3) is 0.500. The number of nitrogens with one attached hydrogen (secondary N) is 1. The summed E-state index contributed by atoms with van der Waals surface area (Å²) >= 11 is 0. The van der Waals surface area contributed by atoms with Gasteiger partial charge in [0.05, 0.1) is 6.20 Å². The maximum atomic E-state index is 12.2. The van der Waals surface area contributed by atoms with Gasteiger partial charge < -0.3 is 10.2 Å². The van der Waals surface area contributed by atoms with E-state index in [0.29, 0.717) is 30.2 Å². The number of nitrogens with zero attached hydrogens (tertiary/aromatic N) is 4. The summed E-state index contributed by atoms with van der Waals surface area (Å²) in [6.45, 7) is 3.23. The lowest BCUT2D eigenvalue weighted by Gasteiger charge is -2.33. The van der Waals surface area contributed by atoms with Gasteiger partial charge in [-0.15, -0.1) is 0 Å². The van der Waals surface area contributed by atoms with Crippen molar-refractivity contribution in [2.45, 2.75) is 38.6 Å². The average molecular weight is 315 g/mol. The first-order valence-electron chi connectivity index (χ1n) is 8.03. The van der Waals surface area contributed by atoms with Crippen molar-refractivity contribution in [2.24, 2.45) is 0 Å². The maximum Gasteiger partial charge on any atom is 0.256 e. The number of amides is 2. The molecule has 0 saturated carbocycles. The molecule has 1 N–H and O–H groups in total. The van der Waals surface area contributed by atoms with E-state index >= 15 is 0 Å². The van der Waals surface area contributed by atoms with Crippen LogP contribution in [0.25, 0.3) is 5.65 Å². The minimum Gasteiger partial charge on any atom is -0.351 e. The van der Waals surface area contributed by atoms with Crippen molar-refractivity contribution >= 4 is 17.5 Å². The summed E-state index contributed by atoms with van der Waals surface area (Å²) in [5.74, 6) is -0.145. The molecule has 1 saturated heterocycles. The predicted molar refractivity (Wildman–Crippen MR) is 85.0 cm³/mol. The van der Waals surface area contributed by atoms with Gasteiger partial charge in [-0.25, -0.2) is 9.50 Å². The van der Waals surface area contributed by atoms with Gasteiger partial charge in [-0.3, -0.25) is 9.59 Å². The third-order valence-corrected chi connectivity index (χ3v) is 4.27. The highest BCUT2D eigenvalue weighted by Crippen LogP contribution is 2.17. The number of fused-ring (bicyclic) bond motifs is 1. The molecule has 1 unspecified atom stereocenters. The highest BCUT2D eigenvalue weighted by Gasteiger charge is 2.23. The zero-order chi connectivity index (χ0) is 16.2. The molecule has 7 nitrogen and oxygen atoms in total. The first kappa shape index (κ1) is 15.5. The lowest BCUT2D eigenvalue weighted by Crippen LogP contribution is -2.43. The quantitative estimate of drug-likeness (QED) is 0.921. The first-order chi connectivity index (χ1) is 11.2. The van der Waals surface area contributed by atoms with E-state index in [2.05, 4.69) is 22.3 Å². The van der Waals surface area contributed by atoms with E-state index in [-0.39, 0.29) is 11.8 Å². The SMILES string of the molecule is CC1CCCCN1C(=O)CCNC(=O)c1cnn2cccnc12. The topological polar surface area (TPSA) is 79.6 Å². The van der Waals surface area contributed by atoms with Crippen LogP contribution in [0.1, 0.15) is 43.0 Å². The van der Waals surface area contributed by atoms with Crippen LogP contribution in [-0.4, -0.2) is 50.4 Å². The molecule has 1 aliphatic heterocycles. The van der Waals surface area contributed by atoms with Crippen LogP contribution in [0.4, 0.5) is 0 Å². The molecule has 1 fully saturated rings. The fourth-order valence-electron chi connectivity index (χ4n) is 2.98. The van der Waals surface area contributed by atoms with Crippen molar-refractivity contribution in [2.75, 3.05) is 13.1 Å². The minimum atomic E-state index is -0.252. The predicted octanol–water partition coefficient (Wildman–Crippen LogP) is 1.25. The van der Waals surface area contributed by atoms with E-state index in [0.717, 1.165) is 19.4 Å². The zero-order valence-corrected chi connectivity index (χ0v) is 13.2. The molecule has 2 aromatic rings. The molecule has 1 atom stereocenters. The Kier molecular flexibility index (Phi) is 4.55. The number of carbonyl (C=O) groups is 2. The second-order valence-corrected chi connectivity index (χ2v) is 5.88. The van der Waals surface area contributed by atoms with Gasteiger partial charge in [0.25, 0.3) is 5.91 Å². The summed E-state index contributed by atoms with van der Waals surface area (Å²) in [6.07, 6.45) is 8.48. The molecule has 2 aromatic heterocycles. The first-order valence-corrected chi connectivity index (χ1v) is 8.03. The van der Waals surface area contributed by atoms with Crippen LogP contribution in [0.5, 0.6) is 0 Å². The molecule has 1 aliphatic rings. The Morgan fingerprint density at radius 3 is 3.09 bits per heavy atom. The molecule has 23 heavy (non-hydrogen) atoms. The Bertz CT molecular complexity index is 711. The van der Waals surface area contributed by atoms with Crippen molar-refractivity contribution < 1.29 is 9.59 Å². The van der Waals surface area contributed by atoms with Gasteiger partial charge in [0.2, 0.25) is 5.91 Å². The van der Waals surface area contributed by atoms with E-state index in [4.69, 9.17) is 0 Å². The fourth-order valence-corrected chi connectivity index (χ4v) is 2.98. The highest BCUT2D eigenvalue weighted by molar-refractivity contribution is 5.99. The van der Waals surface area contributed by atoms with Gasteiger partial charge in [-0.05, 0) is 32.3 Å². The Morgan fingerprint density at radius 1 is 1.39 bits per heavy atom. The molecule has 0 aliphatic carbocycles. The number of hydrogen-bond acceptors (Lipinski definition) is 4. The van der Waals surface area contributed by atoms with Crippen molar-refractivity contribution in [3.63, 3.8) is 0 Å². The van der Waals surface area contributed by atoms with Gasteiger partial charge in [0, 0.05) is 37.9 Å². The normalized spacial score (nSPS) is 18.1. The Hall–Kier alpha value is -2.44. The van der Waals surface area contributed by atoms with Crippen molar-refractivity contribution in [3.05, 3.63) is 30.2 Å². The second kappa shape index (κ2) is 6.76. The average Bonchev–Trinajstić information content (AvgIpc) is 2.99. The molecule has 0 aromatic carbocycles. The van der Waals surface area contributed by atoms with E-state index in [1.807, 2.05) is 4.90 Å². The lowest BCUT2D eigenvalue weighted by atomic mass is 10.0. The van der Waals surface area contributed by atoms with E-state index in [1.165, 1.54) is 12.6 Å². The van der Waals surface area contributed by atoms with Gasteiger partial charge in [0.1, 0.15) is 5.56 Å². The number of carbonyl (C=O) groups excluding carboxylic acids is 2. The molecular weight excluding hydrogens is 294 g/mol. The molecule has 0 bridgehead atoms. The van der Waals surface area contributed by atoms with Crippen LogP contribution >= 0.6 is 0 Å². The maximum absolute atomic E-state index is 12.2. The summed E-state index contributed by atoms with van der Waals surface area (Å²) < 4.78 is 1.55. The third kappa shape index (κ3) is 3.33. The van der Waals surface area contributed by atoms with Crippen molar-refractivity contribution in [1.82, 2.24) is 24.8 Å². The summed E-state index contributed by atoms with van der Waals surface area (Å²) in [7, 11) is 0. The number of aromatic nitrogens is 3. The smallest absolute Gasteiger partial charge is 0.256 e. The summed E-state index contributed by atoms with van der Waals surface area (Å²) in [6, 6.07) is 2.05. The standard InChI is InChI=1S/C16H21N5O2/c1-12-5-2-3-9-20(12)14(22)6-8-18-16(23)13-11-19-21-10-4-7-17-15(13)21/h4,7,10-12H,2-3,5-6,8-9H2,1H3,(H,18,23). The number of piperidine rings is 1. The van der Waals surface area contributed by atoms with Gasteiger partial charge in [0.15, 0.2) is 5.65 Å². The lowest BCUT2D eigenvalue weighted by molar-refractivity contribution is -0.134. The monoisotopic (exact) mass is 315 g/mol. The third-order valence-electron chi connectivity index (χ3n) is 4.27. The summed E-state index contributed by atoms with van der Waals surface area (Å²) in [5.41, 5.74) is 0.936. The Morgan fingerprint density at radius 2 is 2.26 bits per heavy atom. The zero-order valence-electron chi connectivity index (χ0n) is 13.2. The Labute approximate surface area is 134 Å². The second-order valence-electron chi connectivity index (χ2n) is 5.88. The summed E-state index contributed by atoms with van der Waals surface area (Å²) in [4.78, 5) is 30.5. The van der Waals surface area contributed by atoms with Crippen LogP contribution in [0.3, 0.4) is 0 Å². The molecule has 3 rings (SSSR count). The molecule has 3 heterocycles. The van der Waals surface area contributed by atoms with Gasteiger partial charge >= 0.3 is 0 Å². The van der Waals surface area contributed by atoms with Crippen LogP contribution in [-0.2, 0) is 4.79 Å². The largest absolute Gasteiger partial charge is 0.351 e. The van der Waals surface area contributed by atoms with E-state index in [1.54, 1.807) is 23.0 Å². The van der Waals surface area contributed by atoms with Crippen LogP contribution < -0.4 is 5.32 Å². The Balaban J connectivity index is 1.54. The number of likely N-dealkylation sites (tertiary alicyclic amines) is 1. The molecule has 7 heteroatoms. The molecular formula is C16H21N5O2. The van der Waals surface area contributed by atoms with Crippen LogP contribution in [0.2, 0.25) is 0 Å². The molecule has 0 radical (unpaired) electrons. The van der Waals surface area contributed by atoms with E-state index in [9.17, 15) is 9.59 Å². The van der Waals surface area contributed by atoms with Crippen molar-refractivity contribution in [3.8, 4) is 0 Å². The van der Waals surface area contributed by atoms with Gasteiger partial charge in [-0.2, -0.15) is 5.10 Å². The van der Waals surface area contributed by atoms with Gasteiger partial charge in [-0.1, -0.05) is 0 Å². The highest BCUT2D eigenvalue weighted by atomic mass is 16.2. The molecule has 0 spiro atoms. The number of hydrogen-bond donors (Lipinski definition) is 1. The minimum absolute atomic E-state index is 0.107. The number of rotatable bonds is 4. The molecule has 122 valence electrons. The van der Waals surface area contributed by atoms with Crippen LogP contribution in [0.15, 0.2) is 24.7 Å². The summed E-state index contributed by atoms with van der Waals surface area (Å²) in [5, 5.41) is 6.87. The van der Waals surface area contributed by atoms with E-state index < -0.39 is 0 Å². The van der Waals surface area contributed by atoms with Crippen LogP contribution in [0, 0.1) is 0 Å². The molecule has 2 amide bonds.